The van der Waals surface area contributed by atoms with Crippen LogP contribution in [-0.2, 0) is 4.79 Å². The highest BCUT2D eigenvalue weighted by Crippen LogP contribution is 2.66. The Hall–Kier alpha value is -0.930. The minimum Gasteiger partial charge on any atom is -0.393 e. The number of aliphatic hydroxyl groups is 2. The summed E-state index contributed by atoms with van der Waals surface area (Å²) in [6.07, 6.45) is 9.95. The van der Waals surface area contributed by atoms with Crippen molar-refractivity contribution in [3.05, 3.63) is 23.8 Å². The molecule has 3 heteroatoms. The molecule has 0 aromatic heterocycles. The number of fused-ring (bicyclic) bond motifs is 5. The quantitative estimate of drug-likeness (QED) is 0.776. The molecule has 132 valence electrons. The third kappa shape index (κ3) is 2.07. The summed E-state index contributed by atoms with van der Waals surface area (Å²) in [4.78, 5) is 11.8. The normalized spacial score (nSPS) is 51.5. The van der Waals surface area contributed by atoms with Crippen molar-refractivity contribution < 1.29 is 15.0 Å². The zero-order chi connectivity index (χ0) is 17.3. The van der Waals surface area contributed by atoms with Crippen molar-refractivity contribution >= 4 is 5.78 Å². The summed E-state index contributed by atoms with van der Waals surface area (Å²) in [6, 6.07) is 0. The Kier molecular flexibility index (Phi) is 3.64. The molecule has 4 rings (SSSR count). The Labute approximate surface area is 144 Å². The first kappa shape index (κ1) is 16.5. The lowest BCUT2D eigenvalue weighted by molar-refractivity contribution is -0.127. The topological polar surface area (TPSA) is 57.5 Å². The van der Waals surface area contributed by atoms with E-state index in [4.69, 9.17) is 0 Å². The lowest BCUT2D eigenvalue weighted by Crippen LogP contribution is -2.56. The number of ketones is 1. The first-order valence-corrected chi connectivity index (χ1v) is 9.58. The van der Waals surface area contributed by atoms with Gasteiger partial charge in [0.15, 0.2) is 5.78 Å². The van der Waals surface area contributed by atoms with E-state index in [2.05, 4.69) is 19.9 Å². The summed E-state index contributed by atoms with van der Waals surface area (Å²) >= 11 is 0. The monoisotopic (exact) mass is 330 g/mol. The highest BCUT2D eigenvalue weighted by atomic mass is 16.3. The van der Waals surface area contributed by atoms with E-state index in [1.165, 1.54) is 5.57 Å². The average Bonchev–Trinajstić information content (AvgIpc) is 2.84. The molecular weight excluding hydrogens is 300 g/mol. The molecule has 0 aliphatic heterocycles. The van der Waals surface area contributed by atoms with E-state index in [1.807, 2.05) is 13.0 Å². The Morgan fingerprint density at radius 1 is 1.25 bits per heavy atom. The second kappa shape index (κ2) is 5.28. The SMILES string of the molecule is C[C@H](O)[C@H]1CC[C@H]2[C@@H]3CCC4=CC(=O)C=C[C@]4(C)[C@H]3[C@@H](O)C[C@]12C. The lowest BCUT2D eigenvalue weighted by Gasteiger charge is -2.59. The van der Waals surface area contributed by atoms with Crippen LogP contribution in [0.1, 0.15) is 52.9 Å². The fraction of sp³-hybridized carbons (Fsp3) is 0.762. The zero-order valence-corrected chi connectivity index (χ0v) is 15.0. The predicted molar refractivity (Wildman–Crippen MR) is 93.2 cm³/mol. The van der Waals surface area contributed by atoms with Crippen molar-refractivity contribution in [3.63, 3.8) is 0 Å². The van der Waals surface area contributed by atoms with E-state index in [-0.39, 0.29) is 34.7 Å². The summed E-state index contributed by atoms with van der Waals surface area (Å²) < 4.78 is 0. The van der Waals surface area contributed by atoms with Crippen LogP contribution in [0.3, 0.4) is 0 Å². The van der Waals surface area contributed by atoms with Gasteiger partial charge >= 0.3 is 0 Å². The van der Waals surface area contributed by atoms with E-state index in [0.717, 1.165) is 32.1 Å². The van der Waals surface area contributed by atoms with Crippen LogP contribution in [0.25, 0.3) is 0 Å². The molecule has 0 aromatic rings. The number of aliphatic hydroxyl groups excluding tert-OH is 2. The van der Waals surface area contributed by atoms with Crippen molar-refractivity contribution in [2.45, 2.75) is 65.1 Å². The van der Waals surface area contributed by atoms with E-state index in [1.54, 1.807) is 6.08 Å². The molecule has 8 atom stereocenters. The van der Waals surface area contributed by atoms with E-state index in [9.17, 15) is 15.0 Å². The first-order valence-electron chi connectivity index (χ1n) is 9.58. The maximum absolute atomic E-state index is 11.8. The van der Waals surface area contributed by atoms with Gasteiger partial charge in [0.1, 0.15) is 0 Å². The van der Waals surface area contributed by atoms with Gasteiger partial charge in [0.05, 0.1) is 12.2 Å². The Balaban J connectivity index is 1.72. The highest BCUT2D eigenvalue weighted by molar-refractivity contribution is 6.01. The van der Waals surface area contributed by atoms with Crippen LogP contribution in [0.15, 0.2) is 23.8 Å². The molecule has 3 saturated carbocycles. The van der Waals surface area contributed by atoms with E-state index < -0.39 is 0 Å². The van der Waals surface area contributed by atoms with Crippen molar-refractivity contribution in [2.75, 3.05) is 0 Å². The first-order chi connectivity index (χ1) is 11.3. The van der Waals surface area contributed by atoms with Crippen molar-refractivity contribution in [2.24, 2.45) is 34.5 Å². The Morgan fingerprint density at radius 3 is 2.71 bits per heavy atom. The molecule has 0 radical (unpaired) electrons. The van der Waals surface area contributed by atoms with Gasteiger partial charge in [0.2, 0.25) is 0 Å². The summed E-state index contributed by atoms with van der Waals surface area (Å²) in [5.74, 6) is 1.66. The average molecular weight is 330 g/mol. The second-order valence-corrected chi connectivity index (χ2v) is 9.22. The Morgan fingerprint density at radius 2 is 2.00 bits per heavy atom. The van der Waals surface area contributed by atoms with E-state index in [0.29, 0.717) is 17.8 Å². The summed E-state index contributed by atoms with van der Waals surface area (Å²) in [5, 5.41) is 21.4. The van der Waals surface area contributed by atoms with Gasteiger partial charge in [-0.1, -0.05) is 25.5 Å². The fourth-order valence-corrected chi connectivity index (χ4v) is 7.16. The molecule has 0 spiro atoms. The van der Waals surface area contributed by atoms with Gasteiger partial charge < -0.3 is 10.2 Å². The minimum absolute atomic E-state index is 0.0422. The number of hydrogen-bond donors (Lipinski definition) is 2. The molecule has 0 aromatic carbocycles. The van der Waals surface area contributed by atoms with Gasteiger partial charge in [-0.2, -0.15) is 0 Å². The molecule has 0 heterocycles. The molecule has 3 fully saturated rings. The number of carbonyl (C=O) groups excluding carboxylic acids is 1. The van der Waals surface area contributed by atoms with Crippen LogP contribution in [0.5, 0.6) is 0 Å². The zero-order valence-electron chi connectivity index (χ0n) is 15.0. The van der Waals surface area contributed by atoms with Crippen LogP contribution in [0.4, 0.5) is 0 Å². The molecule has 24 heavy (non-hydrogen) atoms. The molecular formula is C21H30O3. The van der Waals surface area contributed by atoms with Gasteiger partial charge in [-0.25, -0.2) is 0 Å². The third-order valence-electron chi connectivity index (χ3n) is 8.15. The van der Waals surface area contributed by atoms with Gasteiger partial charge in [-0.05, 0) is 74.3 Å². The standard InChI is InChI=1S/C21H30O3/c1-12(22)16-6-7-17-15-5-4-13-10-14(23)8-9-20(13,2)19(15)18(24)11-21(16,17)3/h8-10,12,15-19,22,24H,4-7,11H2,1-3H3/t12-,15-,16+,17-,18-,19+,20-,21+/m0/s1. The summed E-state index contributed by atoms with van der Waals surface area (Å²) in [7, 11) is 0. The number of rotatable bonds is 1. The molecule has 0 amide bonds. The molecule has 4 aliphatic rings. The predicted octanol–water partition coefficient (Wildman–Crippen LogP) is 3.26. The summed E-state index contributed by atoms with van der Waals surface area (Å²) in [5.41, 5.74) is 1.07. The molecule has 0 unspecified atom stereocenters. The van der Waals surface area contributed by atoms with Crippen LogP contribution in [0, 0.1) is 34.5 Å². The highest BCUT2D eigenvalue weighted by Gasteiger charge is 2.61. The van der Waals surface area contributed by atoms with Gasteiger partial charge in [-0.15, -0.1) is 0 Å². The smallest absolute Gasteiger partial charge is 0.178 e. The van der Waals surface area contributed by atoms with Crippen LogP contribution in [0.2, 0.25) is 0 Å². The maximum atomic E-state index is 11.8. The number of carbonyl (C=O) groups is 1. The van der Waals surface area contributed by atoms with Crippen molar-refractivity contribution in [1.29, 1.82) is 0 Å². The van der Waals surface area contributed by atoms with Crippen molar-refractivity contribution in [1.82, 2.24) is 0 Å². The maximum Gasteiger partial charge on any atom is 0.178 e. The molecule has 0 bridgehead atoms. The third-order valence-corrected chi connectivity index (χ3v) is 8.15. The van der Waals surface area contributed by atoms with Crippen molar-refractivity contribution in [3.8, 4) is 0 Å². The van der Waals surface area contributed by atoms with E-state index >= 15 is 0 Å². The van der Waals surface area contributed by atoms with Gasteiger partial charge in [0.25, 0.3) is 0 Å². The molecule has 4 aliphatic carbocycles. The molecule has 0 saturated heterocycles. The molecule has 3 nitrogen and oxygen atoms in total. The number of hydrogen-bond acceptors (Lipinski definition) is 3. The van der Waals surface area contributed by atoms with Gasteiger partial charge in [-0.3, -0.25) is 4.79 Å². The van der Waals surface area contributed by atoms with Crippen LogP contribution < -0.4 is 0 Å². The minimum atomic E-state index is -0.359. The Bertz CT molecular complexity index is 619. The van der Waals surface area contributed by atoms with Crippen LogP contribution in [-0.4, -0.2) is 28.2 Å². The molecule has 2 N–H and O–H groups in total. The second-order valence-electron chi connectivity index (χ2n) is 9.22. The fourth-order valence-electron chi connectivity index (χ4n) is 7.16. The number of allylic oxidation sites excluding steroid dienone is 4. The summed E-state index contributed by atoms with van der Waals surface area (Å²) in [6.45, 7) is 6.43. The lowest BCUT2D eigenvalue weighted by atomic mass is 9.46. The van der Waals surface area contributed by atoms with Gasteiger partial charge in [0, 0.05) is 11.3 Å². The van der Waals surface area contributed by atoms with Crippen LogP contribution >= 0.6 is 0 Å². The largest absolute Gasteiger partial charge is 0.393 e.